The van der Waals surface area contributed by atoms with Crippen LogP contribution in [-0.2, 0) is 4.43 Å². The van der Waals surface area contributed by atoms with Crippen molar-refractivity contribution < 1.29 is 9.22 Å². The molecule has 132 valence electrons. The molecule has 4 nitrogen and oxygen atoms in total. The highest BCUT2D eigenvalue weighted by Gasteiger charge is 2.51. The zero-order valence-electron chi connectivity index (χ0n) is 15.1. The molecular weight excluding hydrogens is 328 g/mol. The van der Waals surface area contributed by atoms with Crippen LogP contribution in [0.1, 0.15) is 20.8 Å². The molecule has 0 aromatic heterocycles. The Morgan fingerprint density at radius 3 is 1.72 bits per heavy atom. The summed E-state index contributed by atoms with van der Waals surface area (Å²) in [6, 6.07) is 21.0. The monoisotopic (exact) mass is 354 g/mol. The molecule has 1 aliphatic heterocycles. The molecule has 0 radical (unpaired) electrons. The average molecular weight is 355 g/mol. The number of hydrogen-bond donors (Lipinski definition) is 2. The molecule has 2 amide bonds. The van der Waals surface area contributed by atoms with Crippen LogP contribution in [0.15, 0.2) is 60.7 Å². The Labute approximate surface area is 150 Å². The Balaban J connectivity index is 2.10. The number of amides is 2. The van der Waals surface area contributed by atoms with Gasteiger partial charge in [0.2, 0.25) is 0 Å². The van der Waals surface area contributed by atoms with Crippen LogP contribution in [-0.4, -0.2) is 33.5 Å². The lowest BCUT2D eigenvalue weighted by molar-refractivity contribution is 0.162. The highest BCUT2D eigenvalue weighted by molar-refractivity contribution is 6.99. The first-order valence-electron chi connectivity index (χ1n) is 8.74. The molecule has 25 heavy (non-hydrogen) atoms. The fraction of sp³-hybridized carbons (Fsp3) is 0.350. The first kappa shape index (κ1) is 17.7. The number of carbonyl (C=O) groups excluding carboxylic acids is 1. The van der Waals surface area contributed by atoms with Crippen LogP contribution in [0.5, 0.6) is 0 Å². The fourth-order valence-corrected chi connectivity index (χ4v) is 8.25. The summed E-state index contributed by atoms with van der Waals surface area (Å²) in [6.07, 6.45) is -0.0518. The van der Waals surface area contributed by atoms with Gasteiger partial charge in [0.05, 0.1) is 6.10 Å². The summed E-state index contributed by atoms with van der Waals surface area (Å²) >= 11 is 0. The zero-order valence-corrected chi connectivity index (χ0v) is 16.1. The second-order valence-electron chi connectivity index (χ2n) is 7.49. The molecule has 1 fully saturated rings. The van der Waals surface area contributed by atoms with Crippen LogP contribution in [0, 0.1) is 0 Å². The van der Waals surface area contributed by atoms with E-state index in [1.807, 2.05) is 12.1 Å². The summed E-state index contributed by atoms with van der Waals surface area (Å²) in [5.41, 5.74) is 0. The Bertz CT molecular complexity index is 664. The Morgan fingerprint density at radius 1 is 0.880 bits per heavy atom. The summed E-state index contributed by atoms with van der Waals surface area (Å²) in [7, 11) is -2.55. The highest BCUT2D eigenvalue weighted by Crippen LogP contribution is 2.37. The summed E-state index contributed by atoms with van der Waals surface area (Å²) < 4.78 is 6.93. The molecule has 2 aromatic carbocycles. The third-order valence-electron chi connectivity index (χ3n) is 4.74. The number of benzene rings is 2. The normalized spacial score (nSPS) is 16.2. The van der Waals surface area contributed by atoms with Gasteiger partial charge >= 0.3 is 6.03 Å². The van der Waals surface area contributed by atoms with E-state index in [0.29, 0.717) is 13.1 Å². The molecule has 0 saturated carbocycles. The largest absolute Gasteiger partial charge is 0.401 e. The molecule has 0 spiro atoms. The smallest absolute Gasteiger partial charge is 0.314 e. The standard InChI is InChI=1S/C20H26N2O2Si/c1-20(2,3)25(17-10-6-4-7-11-17,18-12-8-5-9-13-18)24-16-14-21-19(23)22-15-16/h4-13,16H,14-15H2,1-3H3,(H2,21,22,23). The number of hydrogen-bond acceptors (Lipinski definition) is 2. The van der Waals surface area contributed by atoms with Gasteiger partial charge in [0, 0.05) is 13.1 Å². The van der Waals surface area contributed by atoms with Gasteiger partial charge in [-0.25, -0.2) is 4.79 Å². The van der Waals surface area contributed by atoms with Gasteiger partial charge in [-0.1, -0.05) is 81.4 Å². The van der Waals surface area contributed by atoms with Crippen molar-refractivity contribution in [3.05, 3.63) is 60.7 Å². The second kappa shape index (κ2) is 7.02. The van der Waals surface area contributed by atoms with Gasteiger partial charge in [0.1, 0.15) is 0 Å². The minimum absolute atomic E-state index is 0.0518. The van der Waals surface area contributed by atoms with E-state index in [1.54, 1.807) is 0 Å². The van der Waals surface area contributed by atoms with Gasteiger partial charge < -0.3 is 15.1 Å². The maximum atomic E-state index is 11.4. The lowest BCUT2D eigenvalue weighted by Gasteiger charge is -2.45. The van der Waals surface area contributed by atoms with E-state index in [9.17, 15) is 4.79 Å². The molecule has 0 unspecified atom stereocenters. The summed E-state index contributed by atoms with van der Waals surface area (Å²) in [5.74, 6) is 0. The van der Waals surface area contributed by atoms with Gasteiger partial charge in [0.15, 0.2) is 0 Å². The molecule has 1 heterocycles. The Hall–Kier alpha value is -2.11. The van der Waals surface area contributed by atoms with Gasteiger partial charge in [-0.2, -0.15) is 0 Å². The molecule has 2 N–H and O–H groups in total. The topological polar surface area (TPSA) is 50.4 Å². The number of nitrogens with one attached hydrogen (secondary N) is 2. The van der Waals surface area contributed by atoms with Crippen LogP contribution in [0.3, 0.4) is 0 Å². The average Bonchev–Trinajstić information content (AvgIpc) is 2.62. The molecule has 0 aliphatic carbocycles. The maximum Gasteiger partial charge on any atom is 0.314 e. The van der Waals surface area contributed by atoms with Crippen LogP contribution >= 0.6 is 0 Å². The van der Waals surface area contributed by atoms with E-state index in [4.69, 9.17) is 4.43 Å². The van der Waals surface area contributed by atoms with E-state index in [2.05, 4.69) is 79.9 Å². The van der Waals surface area contributed by atoms with Gasteiger partial charge in [-0.3, -0.25) is 0 Å². The first-order chi connectivity index (χ1) is 11.9. The van der Waals surface area contributed by atoms with E-state index in [0.717, 1.165) is 0 Å². The van der Waals surface area contributed by atoms with Crippen molar-refractivity contribution in [3.63, 3.8) is 0 Å². The fourth-order valence-electron chi connectivity index (χ4n) is 3.57. The summed E-state index contributed by atoms with van der Waals surface area (Å²) in [4.78, 5) is 11.4. The van der Waals surface area contributed by atoms with Gasteiger partial charge in [-0.15, -0.1) is 0 Å². The molecule has 0 bridgehead atoms. The SMILES string of the molecule is CC(C)(C)[Si](OC1CNC(=O)NC1)(c1ccccc1)c1ccccc1. The number of carbonyl (C=O) groups is 1. The third kappa shape index (κ3) is 3.48. The lowest BCUT2D eigenvalue weighted by Crippen LogP contribution is -2.69. The quantitative estimate of drug-likeness (QED) is 0.828. The van der Waals surface area contributed by atoms with Crippen LogP contribution in [0.2, 0.25) is 5.04 Å². The summed E-state index contributed by atoms with van der Waals surface area (Å²) in [6.45, 7) is 7.85. The van der Waals surface area contributed by atoms with Crippen LogP contribution in [0.4, 0.5) is 4.79 Å². The summed E-state index contributed by atoms with van der Waals surface area (Å²) in [5, 5.41) is 8.16. The third-order valence-corrected chi connectivity index (χ3v) is 9.83. The molecule has 2 aromatic rings. The van der Waals surface area contributed by atoms with E-state index < -0.39 is 8.32 Å². The Kier molecular flexibility index (Phi) is 4.97. The molecule has 1 saturated heterocycles. The number of rotatable bonds is 4. The number of urea groups is 1. The molecule has 1 aliphatic rings. The van der Waals surface area contributed by atoms with Gasteiger partial charge in [0.25, 0.3) is 8.32 Å². The molecule has 3 rings (SSSR count). The molecular formula is C20H26N2O2Si. The van der Waals surface area contributed by atoms with Crippen LogP contribution < -0.4 is 21.0 Å². The van der Waals surface area contributed by atoms with E-state index >= 15 is 0 Å². The highest BCUT2D eigenvalue weighted by atomic mass is 28.4. The van der Waals surface area contributed by atoms with Crippen molar-refractivity contribution in [1.29, 1.82) is 0 Å². The van der Waals surface area contributed by atoms with Crippen LogP contribution in [0.25, 0.3) is 0 Å². The Morgan fingerprint density at radius 2 is 1.32 bits per heavy atom. The van der Waals surface area contributed by atoms with Crippen molar-refractivity contribution in [2.75, 3.05) is 13.1 Å². The first-order valence-corrected chi connectivity index (χ1v) is 10.6. The van der Waals surface area contributed by atoms with Gasteiger partial charge in [-0.05, 0) is 15.4 Å². The van der Waals surface area contributed by atoms with Crippen molar-refractivity contribution in [3.8, 4) is 0 Å². The van der Waals surface area contributed by atoms with Crippen molar-refractivity contribution in [2.45, 2.75) is 31.9 Å². The molecule has 0 atom stereocenters. The maximum absolute atomic E-state index is 11.4. The zero-order chi connectivity index (χ0) is 17.9. The predicted octanol–water partition coefficient (Wildman–Crippen LogP) is 2.24. The van der Waals surface area contributed by atoms with Crippen molar-refractivity contribution >= 4 is 24.7 Å². The lowest BCUT2D eigenvalue weighted by atomic mass is 10.2. The predicted molar refractivity (Wildman–Crippen MR) is 104 cm³/mol. The van der Waals surface area contributed by atoms with E-state index in [-0.39, 0.29) is 17.2 Å². The van der Waals surface area contributed by atoms with Crippen molar-refractivity contribution in [1.82, 2.24) is 10.6 Å². The van der Waals surface area contributed by atoms with Crippen molar-refractivity contribution in [2.24, 2.45) is 0 Å². The minimum Gasteiger partial charge on any atom is -0.401 e. The molecule has 5 heteroatoms. The second-order valence-corrected chi connectivity index (χ2v) is 11.7. The van der Waals surface area contributed by atoms with E-state index in [1.165, 1.54) is 10.4 Å². The minimum atomic E-state index is -2.55.